The molecule has 20 heavy (non-hydrogen) atoms. The monoisotopic (exact) mass is 270 g/mol. The Morgan fingerprint density at radius 3 is 2.30 bits per heavy atom. The number of ether oxygens (including phenoxy) is 1. The van der Waals surface area contributed by atoms with Crippen LogP contribution >= 0.6 is 0 Å². The van der Waals surface area contributed by atoms with E-state index in [9.17, 15) is 9.59 Å². The molecule has 2 aliphatic carbocycles. The van der Waals surface area contributed by atoms with Gasteiger partial charge in [0.15, 0.2) is 5.78 Å². The van der Waals surface area contributed by atoms with Gasteiger partial charge >= 0.3 is 0 Å². The Bertz CT molecular complexity index is 571. The number of Topliss-reactive ketones (excluding diaryl/α,β-unsaturated/α-hetero) is 2. The lowest BCUT2D eigenvalue weighted by molar-refractivity contribution is -0.123. The van der Waals surface area contributed by atoms with Crippen molar-refractivity contribution in [1.29, 1.82) is 0 Å². The summed E-state index contributed by atoms with van der Waals surface area (Å²) in [5.41, 5.74) is 1.69. The molecule has 1 spiro atoms. The Morgan fingerprint density at radius 1 is 1.05 bits per heavy atom. The van der Waals surface area contributed by atoms with E-state index >= 15 is 0 Å². The van der Waals surface area contributed by atoms with Crippen LogP contribution in [-0.2, 0) is 9.59 Å². The highest BCUT2D eigenvalue weighted by atomic mass is 16.5. The summed E-state index contributed by atoms with van der Waals surface area (Å²) in [6, 6.07) is 7.60. The van der Waals surface area contributed by atoms with Gasteiger partial charge in [0, 0.05) is 24.8 Å². The van der Waals surface area contributed by atoms with Gasteiger partial charge in [-0.1, -0.05) is 18.2 Å². The smallest absolute Gasteiger partial charge is 0.164 e. The largest absolute Gasteiger partial charge is 0.497 e. The highest BCUT2D eigenvalue weighted by Gasteiger charge is 2.40. The van der Waals surface area contributed by atoms with Crippen molar-refractivity contribution in [3.05, 3.63) is 35.9 Å². The number of benzene rings is 1. The lowest BCUT2D eigenvalue weighted by Gasteiger charge is -2.29. The second-order valence-electron chi connectivity index (χ2n) is 5.79. The maximum Gasteiger partial charge on any atom is 0.164 e. The molecule has 0 aliphatic heterocycles. The lowest BCUT2D eigenvalue weighted by atomic mass is 9.73. The van der Waals surface area contributed by atoms with Crippen LogP contribution < -0.4 is 4.74 Å². The minimum absolute atomic E-state index is 0.0692. The van der Waals surface area contributed by atoms with Gasteiger partial charge in [-0.2, -0.15) is 0 Å². The van der Waals surface area contributed by atoms with Crippen LogP contribution in [0.25, 0.3) is 5.57 Å². The number of methoxy groups -OCH3 is 1. The second-order valence-corrected chi connectivity index (χ2v) is 5.79. The van der Waals surface area contributed by atoms with E-state index in [2.05, 4.69) is 6.08 Å². The van der Waals surface area contributed by atoms with Gasteiger partial charge in [-0.05, 0) is 36.0 Å². The molecule has 0 aromatic heterocycles. The first-order valence-corrected chi connectivity index (χ1v) is 7.04. The predicted molar refractivity (Wildman–Crippen MR) is 76.5 cm³/mol. The number of carbonyl (C=O) groups excluding carboxylic acids is 2. The third-order valence-corrected chi connectivity index (χ3v) is 4.47. The number of hydrogen-bond donors (Lipinski definition) is 0. The fraction of sp³-hybridized carbons (Fsp3) is 0.412. The fourth-order valence-electron chi connectivity index (χ4n) is 3.22. The van der Waals surface area contributed by atoms with E-state index in [1.54, 1.807) is 7.11 Å². The Kier molecular flexibility index (Phi) is 3.20. The van der Waals surface area contributed by atoms with Crippen molar-refractivity contribution in [2.45, 2.75) is 32.1 Å². The van der Waals surface area contributed by atoms with E-state index in [-0.39, 0.29) is 11.2 Å². The summed E-state index contributed by atoms with van der Waals surface area (Å²) in [4.78, 5) is 23.7. The topological polar surface area (TPSA) is 43.4 Å². The van der Waals surface area contributed by atoms with E-state index in [4.69, 9.17) is 4.74 Å². The standard InChI is InChI=1S/C17H18O3/c1-20-14-4-2-12(3-5-14)15-10-17(11-16(15)19)8-6-13(18)7-9-17/h2-5,10H,6-9,11H2,1H3. The van der Waals surface area contributed by atoms with Crippen LogP contribution in [0.5, 0.6) is 5.75 Å². The van der Waals surface area contributed by atoms with Crippen LogP contribution in [0.2, 0.25) is 0 Å². The average Bonchev–Trinajstić information content (AvgIpc) is 2.80. The molecule has 0 N–H and O–H groups in total. The van der Waals surface area contributed by atoms with Crippen LogP contribution in [0.1, 0.15) is 37.7 Å². The first-order chi connectivity index (χ1) is 9.62. The highest BCUT2D eigenvalue weighted by molar-refractivity contribution is 6.23. The van der Waals surface area contributed by atoms with E-state index in [0.29, 0.717) is 25.0 Å². The first kappa shape index (κ1) is 13.1. The molecular weight excluding hydrogens is 252 g/mol. The van der Waals surface area contributed by atoms with Crippen molar-refractivity contribution in [2.24, 2.45) is 5.41 Å². The molecular formula is C17H18O3. The maximum absolute atomic E-state index is 12.3. The number of ketones is 2. The maximum atomic E-state index is 12.3. The Labute approximate surface area is 118 Å². The molecule has 0 unspecified atom stereocenters. The molecule has 1 fully saturated rings. The zero-order chi connectivity index (χ0) is 14.2. The summed E-state index contributed by atoms with van der Waals surface area (Å²) in [6.07, 6.45) is 5.53. The molecule has 104 valence electrons. The van der Waals surface area contributed by atoms with E-state index in [1.165, 1.54) is 0 Å². The minimum atomic E-state index is -0.0692. The second kappa shape index (κ2) is 4.89. The molecule has 0 saturated heterocycles. The van der Waals surface area contributed by atoms with Crippen molar-refractivity contribution < 1.29 is 14.3 Å². The summed E-state index contributed by atoms with van der Waals surface area (Å²) in [5, 5.41) is 0. The zero-order valence-corrected chi connectivity index (χ0v) is 11.6. The van der Waals surface area contributed by atoms with E-state index in [1.807, 2.05) is 24.3 Å². The predicted octanol–water partition coefficient (Wildman–Crippen LogP) is 3.18. The van der Waals surface area contributed by atoms with Crippen LogP contribution in [0, 0.1) is 5.41 Å². The first-order valence-electron chi connectivity index (χ1n) is 7.04. The summed E-state index contributed by atoms with van der Waals surface area (Å²) in [6.45, 7) is 0. The third kappa shape index (κ3) is 2.28. The van der Waals surface area contributed by atoms with Gasteiger partial charge in [0.2, 0.25) is 0 Å². The molecule has 1 aromatic rings. The summed E-state index contributed by atoms with van der Waals surface area (Å²) in [5.74, 6) is 1.32. The number of allylic oxidation sites excluding steroid dienone is 2. The Morgan fingerprint density at radius 2 is 1.70 bits per heavy atom. The molecule has 2 aliphatic rings. The van der Waals surface area contributed by atoms with Gasteiger partial charge in [-0.3, -0.25) is 9.59 Å². The highest BCUT2D eigenvalue weighted by Crippen LogP contribution is 2.47. The van der Waals surface area contributed by atoms with E-state index in [0.717, 1.165) is 29.7 Å². The number of rotatable bonds is 2. The van der Waals surface area contributed by atoms with Crippen molar-refractivity contribution >= 4 is 17.1 Å². The third-order valence-electron chi connectivity index (χ3n) is 4.47. The SMILES string of the molecule is COc1ccc(C2=CC3(CCC(=O)CC3)CC2=O)cc1. The normalized spacial score (nSPS) is 21.1. The summed E-state index contributed by atoms with van der Waals surface area (Å²) in [7, 11) is 1.63. The molecule has 0 amide bonds. The fourth-order valence-corrected chi connectivity index (χ4v) is 3.22. The molecule has 0 heterocycles. The van der Waals surface area contributed by atoms with Gasteiger partial charge in [-0.15, -0.1) is 0 Å². The molecule has 3 rings (SSSR count). The van der Waals surface area contributed by atoms with Gasteiger partial charge in [0.05, 0.1) is 7.11 Å². The molecule has 3 nitrogen and oxygen atoms in total. The van der Waals surface area contributed by atoms with Crippen LogP contribution in [0.4, 0.5) is 0 Å². The van der Waals surface area contributed by atoms with Crippen LogP contribution in [0.3, 0.4) is 0 Å². The van der Waals surface area contributed by atoms with Crippen LogP contribution in [-0.4, -0.2) is 18.7 Å². The van der Waals surface area contributed by atoms with Crippen molar-refractivity contribution in [2.75, 3.05) is 7.11 Å². The molecule has 1 aromatic carbocycles. The molecule has 0 radical (unpaired) electrons. The number of hydrogen-bond acceptors (Lipinski definition) is 3. The molecule has 3 heteroatoms. The zero-order valence-electron chi connectivity index (χ0n) is 11.6. The molecule has 0 bridgehead atoms. The average molecular weight is 270 g/mol. The Balaban J connectivity index is 1.88. The van der Waals surface area contributed by atoms with E-state index < -0.39 is 0 Å². The minimum Gasteiger partial charge on any atom is -0.497 e. The lowest BCUT2D eigenvalue weighted by Crippen LogP contribution is -2.24. The van der Waals surface area contributed by atoms with Crippen molar-refractivity contribution in [3.63, 3.8) is 0 Å². The molecule has 1 saturated carbocycles. The summed E-state index contributed by atoms with van der Waals surface area (Å²) >= 11 is 0. The van der Waals surface area contributed by atoms with Gasteiger partial charge in [0.1, 0.15) is 11.5 Å². The van der Waals surface area contributed by atoms with Crippen molar-refractivity contribution in [1.82, 2.24) is 0 Å². The van der Waals surface area contributed by atoms with Crippen LogP contribution in [0.15, 0.2) is 30.3 Å². The van der Waals surface area contributed by atoms with Gasteiger partial charge in [-0.25, -0.2) is 0 Å². The van der Waals surface area contributed by atoms with Crippen molar-refractivity contribution in [3.8, 4) is 5.75 Å². The Hall–Kier alpha value is -1.90. The van der Waals surface area contributed by atoms with Gasteiger partial charge < -0.3 is 4.74 Å². The van der Waals surface area contributed by atoms with Gasteiger partial charge in [0.25, 0.3) is 0 Å². The molecule has 0 atom stereocenters. The summed E-state index contributed by atoms with van der Waals surface area (Å²) < 4.78 is 5.14. The number of carbonyl (C=O) groups is 2. The quantitative estimate of drug-likeness (QED) is 0.829.